The molecule has 1 N–H and O–H groups in total. The Morgan fingerprint density at radius 3 is 2.62 bits per heavy atom. The Hall–Kier alpha value is -1.63. The van der Waals surface area contributed by atoms with Gasteiger partial charge >= 0.3 is 5.97 Å². The first-order valence-corrected chi connectivity index (χ1v) is 9.21. The summed E-state index contributed by atoms with van der Waals surface area (Å²) in [5.41, 5.74) is 1.12. The lowest BCUT2D eigenvalue weighted by Crippen LogP contribution is -2.46. The Bertz CT molecular complexity index is 584. The van der Waals surface area contributed by atoms with Gasteiger partial charge in [0.15, 0.2) is 5.96 Å². The zero-order chi connectivity index (χ0) is 17.7. The van der Waals surface area contributed by atoms with Crippen LogP contribution in [-0.2, 0) is 21.5 Å². The van der Waals surface area contributed by atoms with E-state index in [-0.39, 0.29) is 17.3 Å². The summed E-state index contributed by atoms with van der Waals surface area (Å²) >= 11 is 1.70. The number of rotatable bonds is 3. The standard InChI is InChI=1S/C17H28N4O2S/c1-17(2,3)15-20-13(11-24-15)10-19-16(18-4)21-8-6-12(7-9-21)14(22)23-5/h11-12H,6-10H2,1-5H3,(H,18,19). The van der Waals surface area contributed by atoms with Gasteiger partial charge in [-0.05, 0) is 12.8 Å². The van der Waals surface area contributed by atoms with E-state index in [0.717, 1.165) is 42.6 Å². The molecule has 1 aliphatic heterocycles. The number of esters is 1. The smallest absolute Gasteiger partial charge is 0.308 e. The Balaban J connectivity index is 1.87. The monoisotopic (exact) mass is 352 g/mol. The summed E-state index contributed by atoms with van der Waals surface area (Å²) in [7, 11) is 3.24. The van der Waals surface area contributed by atoms with E-state index >= 15 is 0 Å². The van der Waals surface area contributed by atoms with E-state index in [1.165, 1.54) is 7.11 Å². The lowest BCUT2D eigenvalue weighted by atomic mass is 9.97. The summed E-state index contributed by atoms with van der Waals surface area (Å²) < 4.78 is 4.84. The van der Waals surface area contributed by atoms with Crippen LogP contribution >= 0.6 is 11.3 Å². The maximum absolute atomic E-state index is 11.6. The molecule has 0 radical (unpaired) electrons. The van der Waals surface area contributed by atoms with Gasteiger partial charge in [-0.1, -0.05) is 20.8 Å². The van der Waals surface area contributed by atoms with Crippen LogP contribution in [0.4, 0.5) is 0 Å². The van der Waals surface area contributed by atoms with E-state index in [1.54, 1.807) is 18.4 Å². The van der Waals surface area contributed by atoms with Crippen molar-refractivity contribution in [2.75, 3.05) is 27.2 Å². The lowest BCUT2D eigenvalue weighted by molar-refractivity contribution is -0.146. The third kappa shape index (κ3) is 4.69. The maximum atomic E-state index is 11.6. The molecule has 2 rings (SSSR count). The predicted octanol–water partition coefficient (Wildman–Crippen LogP) is 2.40. The van der Waals surface area contributed by atoms with Crippen LogP contribution in [-0.4, -0.2) is 49.1 Å². The molecule has 7 heteroatoms. The third-order valence-electron chi connectivity index (χ3n) is 4.16. The topological polar surface area (TPSA) is 66.8 Å². The molecule has 1 aliphatic rings. The molecule has 1 aromatic heterocycles. The summed E-state index contributed by atoms with van der Waals surface area (Å²) in [6.07, 6.45) is 1.61. The number of aromatic nitrogens is 1. The largest absolute Gasteiger partial charge is 0.469 e. The summed E-state index contributed by atoms with van der Waals surface area (Å²) in [6.45, 7) is 8.80. The molecule has 2 heterocycles. The van der Waals surface area contributed by atoms with Crippen molar-refractivity contribution < 1.29 is 9.53 Å². The number of hydrogen-bond acceptors (Lipinski definition) is 5. The number of ether oxygens (including phenoxy) is 1. The number of hydrogen-bond donors (Lipinski definition) is 1. The minimum absolute atomic E-state index is 0.0113. The van der Waals surface area contributed by atoms with Crippen LogP contribution in [0.3, 0.4) is 0 Å². The van der Waals surface area contributed by atoms with Gasteiger partial charge in [-0.15, -0.1) is 11.3 Å². The van der Waals surface area contributed by atoms with E-state index in [2.05, 4.69) is 41.4 Å². The van der Waals surface area contributed by atoms with E-state index < -0.39 is 0 Å². The fraction of sp³-hybridized carbons (Fsp3) is 0.706. The molecular weight excluding hydrogens is 324 g/mol. The lowest BCUT2D eigenvalue weighted by Gasteiger charge is -2.33. The molecular formula is C17H28N4O2S. The summed E-state index contributed by atoms with van der Waals surface area (Å²) in [6, 6.07) is 0. The fourth-order valence-corrected chi connectivity index (χ4v) is 3.64. The number of guanidine groups is 1. The molecule has 0 aliphatic carbocycles. The van der Waals surface area contributed by atoms with Crippen molar-refractivity contribution in [3.8, 4) is 0 Å². The molecule has 24 heavy (non-hydrogen) atoms. The van der Waals surface area contributed by atoms with E-state index in [1.807, 2.05) is 0 Å². The van der Waals surface area contributed by atoms with Crippen molar-refractivity contribution in [3.63, 3.8) is 0 Å². The zero-order valence-electron chi connectivity index (χ0n) is 15.3. The molecule has 0 aromatic carbocycles. The molecule has 0 amide bonds. The Morgan fingerprint density at radius 1 is 1.46 bits per heavy atom. The van der Waals surface area contributed by atoms with Crippen molar-refractivity contribution >= 4 is 23.3 Å². The second kappa shape index (κ2) is 7.96. The number of likely N-dealkylation sites (tertiary alicyclic amines) is 1. The van der Waals surface area contributed by atoms with Crippen molar-refractivity contribution in [1.29, 1.82) is 0 Å². The maximum Gasteiger partial charge on any atom is 0.308 e. The molecule has 0 spiro atoms. The van der Waals surface area contributed by atoms with Gasteiger partial charge in [-0.2, -0.15) is 0 Å². The predicted molar refractivity (Wildman–Crippen MR) is 97.3 cm³/mol. The van der Waals surface area contributed by atoms with E-state index in [9.17, 15) is 4.79 Å². The minimum atomic E-state index is -0.102. The molecule has 0 unspecified atom stereocenters. The van der Waals surface area contributed by atoms with Crippen LogP contribution in [0.25, 0.3) is 0 Å². The van der Waals surface area contributed by atoms with Crippen molar-refractivity contribution in [3.05, 3.63) is 16.1 Å². The van der Waals surface area contributed by atoms with Crippen molar-refractivity contribution in [2.24, 2.45) is 10.9 Å². The number of carbonyl (C=O) groups is 1. The quantitative estimate of drug-likeness (QED) is 0.514. The normalized spacial score (nSPS) is 17.0. The molecule has 1 saturated heterocycles. The van der Waals surface area contributed by atoms with Crippen molar-refractivity contribution in [1.82, 2.24) is 15.2 Å². The molecule has 0 saturated carbocycles. The summed E-state index contributed by atoms with van der Waals surface area (Å²) in [5, 5.41) is 6.63. The van der Waals surface area contributed by atoms with Gasteiger partial charge in [-0.25, -0.2) is 4.98 Å². The Kier molecular flexibility index (Phi) is 6.21. The van der Waals surface area contributed by atoms with Gasteiger partial charge in [0.05, 0.1) is 30.3 Å². The SMILES string of the molecule is CN=C(NCc1csc(C(C)(C)C)n1)N1CCC(C(=O)OC)CC1. The van der Waals surface area contributed by atoms with Gasteiger partial charge < -0.3 is 15.0 Å². The van der Waals surface area contributed by atoms with Gasteiger partial charge in [0.1, 0.15) is 0 Å². The van der Waals surface area contributed by atoms with Gasteiger partial charge in [0, 0.05) is 30.9 Å². The highest BCUT2D eigenvalue weighted by Gasteiger charge is 2.27. The molecule has 1 aromatic rings. The Morgan fingerprint density at radius 2 is 2.12 bits per heavy atom. The van der Waals surface area contributed by atoms with Crippen LogP contribution < -0.4 is 5.32 Å². The number of piperidine rings is 1. The zero-order valence-corrected chi connectivity index (χ0v) is 16.1. The van der Waals surface area contributed by atoms with Crippen LogP contribution in [0, 0.1) is 5.92 Å². The molecule has 0 atom stereocenters. The number of methoxy groups -OCH3 is 1. The Labute approximate surface area is 148 Å². The number of thiazole rings is 1. The summed E-state index contributed by atoms with van der Waals surface area (Å²) in [4.78, 5) is 22.9. The van der Waals surface area contributed by atoms with Crippen molar-refractivity contribution in [2.45, 2.75) is 45.6 Å². The van der Waals surface area contributed by atoms with E-state index in [4.69, 9.17) is 9.72 Å². The minimum Gasteiger partial charge on any atom is -0.469 e. The average molecular weight is 353 g/mol. The number of nitrogens with zero attached hydrogens (tertiary/aromatic N) is 3. The first-order chi connectivity index (χ1) is 11.3. The van der Waals surface area contributed by atoms with Gasteiger partial charge in [0.25, 0.3) is 0 Å². The molecule has 6 nitrogen and oxygen atoms in total. The molecule has 134 valence electrons. The van der Waals surface area contributed by atoms with Crippen LogP contribution in [0.5, 0.6) is 0 Å². The van der Waals surface area contributed by atoms with Gasteiger partial charge in [0.2, 0.25) is 0 Å². The van der Waals surface area contributed by atoms with Gasteiger partial charge in [-0.3, -0.25) is 9.79 Å². The third-order valence-corrected chi connectivity index (χ3v) is 5.48. The number of aliphatic imine (C=N–C) groups is 1. The number of nitrogens with one attached hydrogen (secondary N) is 1. The van der Waals surface area contributed by atoms with E-state index in [0.29, 0.717) is 6.54 Å². The highest BCUT2D eigenvalue weighted by Crippen LogP contribution is 2.25. The second-order valence-electron chi connectivity index (χ2n) is 7.08. The highest BCUT2D eigenvalue weighted by molar-refractivity contribution is 7.09. The first-order valence-electron chi connectivity index (χ1n) is 8.33. The molecule has 0 bridgehead atoms. The first kappa shape index (κ1) is 18.7. The van der Waals surface area contributed by atoms with Crippen LogP contribution in [0.1, 0.15) is 44.3 Å². The number of carbonyl (C=O) groups excluding carboxylic acids is 1. The van der Waals surface area contributed by atoms with Crippen LogP contribution in [0.15, 0.2) is 10.4 Å². The fourth-order valence-electron chi connectivity index (χ4n) is 2.73. The summed E-state index contributed by atoms with van der Waals surface area (Å²) in [5.74, 6) is 0.774. The second-order valence-corrected chi connectivity index (χ2v) is 7.94. The average Bonchev–Trinajstić information content (AvgIpc) is 3.04. The highest BCUT2D eigenvalue weighted by atomic mass is 32.1. The molecule has 1 fully saturated rings. The van der Waals surface area contributed by atoms with Crippen LogP contribution in [0.2, 0.25) is 0 Å².